The molecule has 0 atom stereocenters. The molecule has 7 nitrogen and oxygen atoms in total. The number of nitro groups is 1. The summed E-state index contributed by atoms with van der Waals surface area (Å²) in [5.41, 5.74) is 1.12. The first-order valence-corrected chi connectivity index (χ1v) is 8.61. The summed E-state index contributed by atoms with van der Waals surface area (Å²) in [6.07, 6.45) is 0. The van der Waals surface area contributed by atoms with Crippen molar-refractivity contribution < 1.29 is 18.9 Å². The van der Waals surface area contributed by atoms with Gasteiger partial charge in [0.15, 0.2) is 0 Å². The molecule has 0 saturated heterocycles. The number of ether oxygens (including phenoxy) is 1. The average molecular weight is 387 g/mol. The molecule has 0 spiro atoms. The van der Waals surface area contributed by atoms with Gasteiger partial charge in [0.25, 0.3) is 5.69 Å². The second-order valence-corrected chi connectivity index (χ2v) is 6.20. The molecule has 3 aromatic carbocycles. The molecule has 0 radical (unpaired) electrons. The van der Waals surface area contributed by atoms with Crippen LogP contribution in [0.4, 0.5) is 5.69 Å². The fourth-order valence-corrected chi connectivity index (χ4v) is 2.98. The van der Waals surface area contributed by atoms with Crippen LogP contribution in [0, 0.1) is 10.1 Å². The SMILES string of the molecule is O=C(Oc1ccc2c(-c3ccccc3)cc(=O)oc2c1)c1cccc([N+](=O)[O-])c1. The number of nitrogens with zero attached hydrogens (tertiary/aromatic N) is 1. The molecule has 29 heavy (non-hydrogen) atoms. The van der Waals surface area contributed by atoms with Crippen LogP contribution in [0.3, 0.4) is 0 Å². The van der Waals surface area contributed by atoms with Crippen LogP contribution >= 0.6 is 0 Å². The largest absolute Gasteiger partial charge is 0.423 e. The third-order valence-corrected chi connectivity index (χ3v) is 4.30. The van der Waals surface area contributed by atoms with E-state index in [2.05, 4.69) is 0 Å². The van der Waals surface area contributed by atoms with Gasteiger partial charge in [-0.05, 0) is 29.3 Å². The predicted octanol–water partition coefficient (Wildman–Crippen LogP) is 4.59. The molecule has 0 aliphatic rings. The smallest absolute Gasteiger partial charge is 0.343 e. The summed E-state index contributed by atoms with van der Waals surface area (Å²) in [6, 6.07) is 20.7. The summed E-state index contributed by atoms with van der Waals surface area (Å²) in [5, 5.41) is 11.6. The molecule has 142 valence electrons. The van der Waals surface area contributed by atoms with Crippen molar-refractivity contribution in [3.63, 3.8) is 0 Å². The minimum absolute atomic E-state index is 0.0405. The third kappa shape index (κ3) is 3.74. The quantitative estimate of drug-likeness (QED) is 0.167. The zero-order valence-electron chi connectivity index (χ0n) is 14.9. The normalized spacial score (nSPS) is 10.6. The van der Waals surface area contributed by atoms with Crippen LogP contribution < -0.4 is 10.4 Å². The first kappa shape index (κ1) is 18.1. The molecule has 1 heterocycles. The zero-order chi connectivity index (χ0) is 20.4. The van der Waals surface area contributed by atoms with Gasteiger partial charge >= 0.3 is 11.6 Å². The minimum Gasteiger partial charge on any atom is -0.423 e. The number of benzene rings is 3. The lowest BCUT2D eigenvalue weighted by molar-refractivity contribution is -0.384. The maximum Gasteiger partial charge on any atom is 0.343 e. The van der Waals surface area contributed by atoms with Crippen molar-refractivity contribution >= 4 is 22.6 Å². The molecule has 0 aliphatic heterocycles. The lowest BCUT2D eigenvalue weighted by Crippen LogP contribution is -2.09. The Morgan fingerprint density at radius 2 is 1.72 bits per heavy atom. The first-order chi connectivity index (χ1) is 14.0. The maximum absolute atomic E-state index is 12.3. The lowest BCUT2D eigenvalue weighted by Gasteiger charge is -2.08. The van der Waals surface area contributed by atoms with Crippen LogP contribution in [0.25, 0.3) is 22.1 Å². The van der Waals surface area contributed by atoms with Gasteiger partial charge in [-0.25, -0.2) is 9.59 Å². The van der Waals surface area contributed by atoms with Crippen LogP contribution in [0.1, 0.15) is 10.4 Å². The van der Waals surface area contributed by atoms with Gasteiger partial charge < -0.3 is 9.15 Å². The van der Waals surface area contributed by atoms with Crippen LogP contribution in [-0.4, -0.2) is 10.9 Å². The number of carbonyl (C=O) groups is 1. The highest BCUT2D eigenvalue weighted by Gasteiger charge is 2.15. The minimum atomic E-state index is -0.755. The standard InChI is InChI=1S/C22H13NO6/c24-21-13-19(14-5-2-1-3-6-14)18-10-9-17(12-20(18)29-21)28-22(25)15-7-4-8-16(11-15)23(26)27/h1-13H. The topological polar surface area (TPSA) is 99.7 Å². The van der Waals surface area contributed by atoms with Crippen molar-refractivity contribution in [3.8, 4) is 16.9 Å². The number of hydrogen-bond donors (Lipinski definition) is 0. The van der Waals surface area contributed by atoms with E-state index < -0.39 is 16.5 Å². The number of fused-ring (bicyclic) bond motifs is 1. The molecule has 4 rings (SSSR count). The Balaban J connectivity index is 1.69. The van der Waals surface area contributed by atoms with Crippen LogP contribution in [0.5, 0.6) is 5.75 Å². The van der Waals surface area contributed by atoms with E-state index in [0.29, 0.717) is 10.9 Å². The van der Waals surface area contributed by atoms with Gasteiger partial charge in [-0.2, -0.15) is 0 Å². The van der Waals surface area contributed by atoms with Crippen LogP contribution in [0.15, 0.2) is 88.1 Å². The molecule has 0 amide bonds. The predicted molar refractivity (Wildman–Crippen MR) is 106 cm³/mol. The monoisotopic (exact) mass is 387 g/mol. The molecule has 1 aromatic heterocycles. The average Bonchev–Trinajstić information content (AvgIpc) is 2.73. The maximum atomic E-state index is 12.3. The number of non-ortho nitro benzene ring substituents is 1. The van der Waals surface area contributed by atoms with Gasteiger partial charge in [0, 0.05) is 29.7 Å². The van der Waals surface area contributed by atoms with Crippen molar-refractivity contribution in [2.24, 2.45) is 0 Å². The van der Waals surface area contributed by atoms with Crippen molar-refractivity contribution in [1.29, 1.82) is 0 Å². The Labute approximate surface area is 163 Å². The Bertz CT molecular complexity index is 1290. The van der Waals surface area contributed by atoms with Crippen molar-refractivity contribution in [3.05, 3.63) is 105 Å². The molecule has 0 N–H and O–H groups in total. The number of rotatable bonds is 4. The van der Waals surface area contributed by atoms with Crippen LogP contribution in [0.2, 0.25) is 0 Å². The molecule has 0 aliphatic carbocycles. The van der Waals surface area contributed by atoms with Gasteiger partial charge in [0.2, 0.25) is 0 Å². The Morgan fingerprint density at radius 3 is 2.48 bits per heavy atom. The highest BCUT2D eigenvalue weighted by atomic mass is 16.6. The fourth-order valence-electron chi connectivity index (χ4n) is 2.98. The van der Waals surface area contributed by atoms with E-state index in [0.717, 1.165) is 11.6 Å². The van der Waals surface area contributed by atoms with Gasteiger partial charge in [0.05, 0.1) is 10.5 Å². The van der Waals surface area contributed by atoms with E-state index in [1.165, 1.54) is 30.3 Å². The fraction of sp³-hybridized carbons (Fsp3) is 0. The molecular formula is C22H13NO6. The Kier molecular flexibility index (Phi) is 4.62. The van der Waals surface area contributed by atoms with Gasteiger partial charge in [0.1, 0.15) is 11.3 Å². The van der Waals surface area contributed by atoms with Crippen molar-refractivity contribution in [1.82, 2.24) is 0 Å². The summed E-state index contributed by atoms with van der Waals surface area (Å²) in [5.74, 6) is -0.600. The molecule has 0 unspecified atom stereocenters. The molecule has 0 saturated carbocycles. The van der Waals surface area contributed by atoms with E-state index in [1.807, 2.05) is 30.3 Å². The summed E-state index contributed by atoms with van der Waals surface area (Å²) in [4.78, 5) is 34.6. The molecule has 4 aromatic rings. The summed E-state index contributed by atoms with van der Waals surface area (Å²) in [7, 11) is 0. The van der Waals surface area contributed by atoms with Crippen molar-refractivity contribution in [2.75, 3.05) is 0 Å². The van der Waals surface area contributed by atoms with E-state index >= 15 is 0 Å². The third-order valence-electron chi connectivity index (χ3n) is 4.30. The highest BCUT2D eigenvalue weighted by Crippen LogP contribution is 2.30. The van der Waals surface area contributed by atoms with Gasteiger partial charge in [-0.3, -0.25) is 10.1 Å². The summed E-state index contributed by atoms with van der Waals surface area (Å²) >= 11 is 0. The second-order valence-electron chi connectivity index (χ2n) is 6.20. The van der Waals surface area contributed by atoms with E-state index in [-0.39, 0.29) is 22.6 Å². The highest BCUT2D eigenvalue weighted by molar-refractivity contribution is 5.95. The van der Waals surface area contributed by atoms with Crippen molar-refractivity contribution in [2.45, 2.75) is 0 Å². The molecule has 0 bridgehead atoms. The first-order valence-electron chi connectivity index (χ1n) is 8.61. The van der Waals surface area contributed by atoms with Gasteiger partial charge in [-0.1, -0.05) is 36.4 Å². The number of hydrogen-bond acceptors (Lipinski definition) is 6. The summed E-state index contributed by atoms with van der Waals surface area (Å²) in [6.45, 7) is 0. The van der Waals surface area contributed by atoms with Crippen LogP contribution in [-0.2, 0) is 0 Å². The number of esters is 1. The molecule has 7 heteroatoms. The van der Waals surface area contributed by atoms with E-state index in [1.54, 1.807) is 12.1 Å². The summed E-state index contributed by atoms with van der Waals surface area (Å²) < 4.78 is 10.6. The number of carbonyl (C=O) groups excluding carboxylic acids is 1. The molecule has 0 fully saturated rings. The van der Waals surface area contributed by atoms with Gasteiger partial charge in [-0.15, -0.1) is 0 Å². The Hall–Kier alpha value is -4.26. The zero-order valence-corrected chi connectivity index (χ0v) is 14.9. The lowest BCUT2D eigenvalue weighted by atomic mass is 10.0. The molecular weight excluding hydrogens is 374 g/mol. The van der Waals surface area contributed by atoms with E-state index in [9.17, 15) is 19.7 Å². The second kappa shape index (κ2) is 7.40. The Morgan fingerprint density at radius 1 is 0.931 bits per heavy atom. The van der Waals surface area contributed by atoms with E-state index in [4.69, 9.17) is 9.15 Å². The number of nitro benzene ring substituents is 1.